The lowest BCUT2D eigenvalue weighted by atomic mass is 9.86. The molecular weight excluding hydrogens is 292 g/mol. The van der Waals surface area contributed by atoms with Gasteiger partial charge in [-0.15, -0.1) is 12.4 Å². The lowest BCUT2D eigenvalue weighted by Gasteiger charge is -2.35. The van der Waals surface area contributed by atoms with E-state index in [0.717, 1.165) is 0 Å². The lowest BCUT2D eigenvalue weighted by Crippen LogP contribution is -2.55. The molecule has 0 aromatic carbocycles. The van der Waals surface area contributed by atoms with E-state index in [-0.39, 0.29) is 41.0 Å². The number of nitrogens with two attached hydrogens (primary N) is 1. The molecule has 0 aromatic heterocycles. The van der Waals surface area contributed by atoms with Crippen LogP contribution in [0.1, 0.15) is 34.6 Å². The van der Waals surface area contributed by atoms with Crippen molar-refractivity contribution in [2.75, 3.05) is 13.7 Å². The zero-order valence-corrected chi connectivity index (χ0v) is 14.5. The number of nitrogens with zero attached hydrogens (tertiary/aromatic N) is 1. The van der Waals surface area contributed by atoms with Crippen LogP contribution >= 0.6 is 12.4 Å². The van der Waals surface area contributed by atoms with Crippen LogP contribution in [0.4, 0.5) is 0 Å². The van der Waals surface area contributed by atoms with E-state index in [4.69, 9.17) is 10.5 Å². The number of methoxy groups -OCH3 is 1. The van der Waals surface area contributed by atoms with E-state index >= 15 is 0 Å². The normalized spacial score (nSPS) is 31.0. The highest BCUT2D eigenvalue weighted by molar-refractivity contribution is 5.89. The van der Waals surface area contributed by atoms with Gasteiger partial charge in [0.05, 0.1) is 13.2 Å². The van der Waals surface area contributed by atoms with Gasteiger partial charge in [-0.1, -0.05) is 34.6 Å². The fraction of sp³-hybridized carbons (Fsp3) is 0.867. The monoisotopic (exact) mass is 318 g/mol. The maximum Gasteiger partial charge on any atom is 0.328 e. The number of carbonyl (C=O) groups excluding carboxylic acids is 2. The summed E-state index contributed by atoms with van der Waals surface area (Å²) in [5.74, 6) is 0.113. The standard InChI is InChI=1S/C15H26N2O3.ClH/c1-14(2,3)11(16)12(18)17-7-8-9(15(8,4)5)10(17)13(19)20-6;/h8-11H,7,16H2,1-6H3;1H/t8-,9-,10+,11+;/m1./s1. The number of rotatable bonds is 2. The van der Waals surface area contributed by atoms with Crippen molar-refractivity contribution in [2.24, 2.45) is 28.4 Å². The minimum atomic E-state index is -0.602. The molecule has 0 radical (unpaired) electrons. The minimum absolute atomic E-state index is 0. The minimum Gasteiger partial charge on any atom is -0.467 e. The number of esters is 1. The topological polar surface area (TPSA) is 72.6 Å². The van der Waals surface area contributed by atoms with Crippen molar-refractivity contribution in [3.8, 4) is 0 Å². The second-order valence-corrected chi connectivity index (χ2v) is 7.76. The SMILES string of the molecule is COC(=O)[C@@H]1[C@H]2[C@@H](CN1C(=O)[C@H](N)C(C)(C)C)C2(C)C.Cl. The molecule has 122 valence electrons. The Hall–Kier alpha value is -0.810. The molecular formula is C15H27ClN2O3. The summed E-state index contributed by atoms with van der Waals surface area (Å²) in [6.45, 7) is 10.7. The van der Waals surface area contributed by atoms with Crippen molar-refractivity contribution >= 4 is 24.3 Å². The predicted molar refractivity (Wildman–Crippen MR) is 83.0 cm³/mol. The number of amides is 1. The molecule has 4 atom stereocenters. The molecule has 0 spiro atoms. The van der Waals surface area contributed by atoms with Crippen LogP contribution in [0.15, 0.2) is 0 Å². The quantitative estimate of drug-likeness (QED) is 0.782. The van der Waals surface area contributed by atoms with Crippen LogP contribution in [0.25, 0.3) is 0 Å². The number of likely N-dealkylation sites (tertiary alicyclic amines) is 1. The summed E-state index contributed by atoms with van der Waals surface area (Å²) in [6, 6.07) is -1.07. The molecule has 2 rings (SSSR count). The largest absolute Gasteiger partial charge is 0.467 e. The van der Waals surface area contributed by atoms with Crippen molar-refractivity contribution in [3.05, 3.63) is 0 Å². The molecule has 1 amide bonds. The Balaban J connectivity index is 0.00000220. The first-order chi connectivity index (χ1) is 9.03. The first-order valence-corrected chi connectivity index (χ1v) is 7.17. The summed E-state index contributed by atoms with van der Waals surface area (Å²) in [5.41, 5.74) is 5.86. The first kappa shape index (κ1) is 18.2. The molecule has 1 aliphatic heterocycles. The molecule has 1 saturated carbocycles. The van der Waals surface area contributed by atoms with E-state index < -0.39 is 12.1 Å². The fourth-order valence-corrected chi connectivity index (χ4v) is 3.45. The van der Waals surface area contributed by atoms with E-state index in [1.54, 1.807) is 4.90 Å². The predicted octanol–water partition coefficient (Wildman–Crippen LogP) is 1.44. The highest BCUT2D eigenvalue weighted by Gasteiger charge is 2.70. The van der Waals surface area contributed by atoms with Crippen LogP contribution in [0, 0.1) is 22.7 Å². The summed E-state index contributed by atoms with van der Waals surface area (Å²) in [4.78, 5) is 26.3. The van der Waals surface area contributed by atoms with Gasteiger partial charge in [-0.25, -0.2) is 4.79 Å². The fourth-order valence-electron chi connectivity index (χ4n) is 3.45. The molecule has 0 aromatic rings. The van der Waals surface area contributed by atoms with Gasteiger partial charge >= 0.3 is 5.97 Å². The Bertz CT molecular complexity index is 445. The number of piperidine rings is 1. The van der Waals surface area contributed by atoms with Gasteiger partial charge in [0.2, 0.25) is 5.91 Å². The number of halogens is 1. The van der Waals surface area contributed by atoms with Crippen molar-refractivity contribution in [1.29, 1.82) is 0 Å². The van der Waals surface area contributed by atoms with Crippen LogP contribution in [0.3, 0.4) is 0 Å². The summed E-state index contributed by atoms with van der Waals surface area (Å²) in [7, 11) is 1.37. The molecule has 1 heterocycles. The number of hydrogen-bond donors (Lipinski definition) is 1. The van der Waals surface area contributed by atoms with Crippen LogP contribution in [0.5, 0.6) is 0 Å². The van der Waals surface area contributed by atoms with E-state index in [1.807, 2.05) is 20.8 Å². The van der Waals surface area contributed by atoms with Gasteiger partial charge < -0.3 is 15.4 Å². The van der Waals surface area contributed by atoms with E-state index in [9.17, 15) is 9.59 Å². The van der Waals surface area contributed by atoms with Gasteiger partial charge in [-0.3, -0.25) is 4.79 Å². The summed E-state index contributed by atoms with van der Waals surface area (Å²) in [6.07, 6.45) is 0. The van der Waals surface area contributed by atoms with Gasteiger partial charge in [-0.2, -0.15) is 0 Å². The zero-order valence-electron chi connectivity index (χ0n) is 13.7. The van der Waals surface area contributed by atoms with E-state index in [0.29, 0.717) is 12.5 Å². The Morgan fingerprint density at radius 1 is 1.33 bits per heavy atom. The van der Waals surface area contributed by atoms with Crippen molar-refractivity contribution < 1.29 is 14.3 Å². The van der Waals surface area contributed by atoms with Gasteiger partial charge in [0.15, 0.2) is 0 Å². The smallest absolute Gasteiger partial charge is 0.328 e. The highest BCUT2D eigenvalue weighted by Crippen LogP contribution is 2.65. The molecule has 2 aliphatic rings. The van der Waals surface area contributed by atoms with Gasteiger partial charge in [0, 0.05) is 12.5 Å². The highest BCUT2D eigenvalue weighted by atomic mass is 35.5. The van der Waals surface area contributed by atoms with Crippen LogP contribution in [-0.2, 0) is 14.3 Å². The van der Waals surface area contributed by atoms with Gasteiger partial charge in [0.25, 0.3) is 0 Å². The van der Waals surface area contributed by atoms with E-state index in [2.05, 4.69) is 13.8 Å². The van der Waals surface area contributed by atoms with Crippen molar-refractivity contribution in [2.45, 2.75) is 46.7 Å². The van der Waals surface area contributed by atoms with Gasteiger partial charge in [-0.05, 0) is 16.7 Å². The lowest BCUT2D eigenvalue weighted by molar-refractivity contribution is -0.154. The number of fused-ring (bicyclic) bond motifs is 1. The Morgan fingerprint density at radius 3 is 2.29 bits per heavy atom. The van der Waals surface area contributed by atoms with Crippen LogP contribution in [0.2, 0.25) is 0 Å². The van der Waals surface area contributed by atoms with E-state index in [1.165, 1.54) is 7.11 Å². The van der Waals surface area contributed by atoms with Crippen molar-refractivity contribution in [1.82, 2.24) is 4.90 Å². The Kier molecular flexibility index (Phi) is 4.72. The van der Waals surface area contributed by atoms with Gasteiger partial charge in [0.1, 0.15) is 6.04 Å². The Labute approximate surface area is 133 Å². The molecule has 2 N–H and O–H groups in total. The number of hydrogen-bond acceptors (Lipinski definition) is 4. The van der Waals surface area contributed by atoms with Crippen LogP contribution < -0.4 is 5.73 Å². The summed E-state index contributed by atoms with van der Waals surface area (Å²) < 4.78 is 4.90. The zero-order chi connectivity index (χ0) is 15.5. The Morgan fingerprint density at radius 2 is 1.86 bits per heavy atom. The molecule has 0 bridgehead atoms. The molecule has 2 fully saturated rings. The molecule has 5 nitrogen and oxygen atoms in total. The third kappa shape index (κ3) is 2.78. The molecule has 0 unspecified atom stereocenters. The third-order valence-electron chi connectivity index (χ3n) is 5.13. The average Bonchev–Trinajstić information content (AvgIpc) is 2.75. The molecule has 1 aliphatic carbocycles. The molecule has 21 heavy (non-hydrogen) atoms. The number of ether oxygens (including phenoxy) is 1. The first-order valence-electron chi connectivity index (χ1n) is 7.17. The maximum atomic E-state index is 12.6. The maximum absolute atomic E-state index is 12.6. The average molecular weight is 319 g/mol. The van der Waals surface area contributed by atoms with Crippen molar-refractivity contribution in [3.63, 3.8) is 0 Å². The summed E-state index contributed by atoms with van der Waals surface area (Å²) in [5, 5.41) is 0. The van der Waals surface area contributed by atoms with Crippen LogP contribution in [-0.4, -0.2) is 42.5 Å². The second kappa shape index (κ2) is 5.43. The third-order valence-corrected chi connectivity index (χ3v) is 5.13. The molecule has 1 saturated heterocycles. The second-order valence-electron chi connectivity index (χ2n) is 7.76. The number of carbonyl (C=O) groups is 2. The molecule has 6 heteroatoms. The summed E-state index contributed by atoms with van der Waals surface area (Å²) >= 11 is 0.